The fourth-order valence-electron chi connectivity index (χ4n) is 2.92. The molecule has 0 atom stereocenters. The molecule has 5 heteroatoms. The van der Waals surface area contributed by atoms with Crippen molar-refractivity contribution in [2.45, 2.75) is 26.8 Å². The molecule has 3 rings (SSSR count). The molecule has 140 valence electrons. The maximum atomic E-state index is 5.94. The zero-order valence-corrected chi connectivity index (χ0v) is 16.6. The van der Waals surface area contributed by atoms with Gasteiger partial charge in [-0.25, -0.2) is 4.98 Å². The maximum Gasteiger partial charge on any atom is 0.224 e. The van der Waals surface area contributed by atoms with Crippen molar-refractivity contribution in [2.24, 2.45) is 0 Å². The summed E-state index contributed by atoms with van der Waals surface area (Å²) >= 11 is 5.94. The first-order valence-electron chi connectivity index (χ1n) is 9.27. The number of aryl methyl sites for hydroxylation is 1. The Morgan fingerprint density at radius 2 is 1.70 bits per heavy atom. The average molecular weight is 381 g/mol. The van der Waals surface area contributed by atoms with Crippen LogP contribution >= 0.6 is 11.6 Å². The lowest BCUT2D eigenvalue weighted by Gasteiger charge is -2.23. The molecule has 0 fully saturated rings. The molecule has 0 aliphatic rings. The second-order valence-corrected chi connectivity index (χ2v) is 6.93. The monoisotopic (exact) mass is 380 g/mol. The molecule has 27 heavy (non-hydrogen) atoms. The van der Waals surface area contributed by atoms with Gasteiger partial charge in [0.2, 0.25) is 5.95 Å². The number of benzene rings is 2. The van der Waals surface area contributed by atoms with Gasteiger partial charge in [0, 0.05) is 36.4 Å². The molecule has 2 aromatic carbocycles. The van der Waals surface area contributed by atoms with Gasteiger partial charge in [0.25, 0.3) is 0 Å². The fourth-order valence-corrected chi connectivity index (χ4v) is 3.05. The highest BCUT2D eigenvalue weighted by atomic mass is 35.5. The lowest BCUT2D eigenvalue weighted by atomic mass is 10.1. The molecule has 1 heterocycles. The van der Waals surface area contributed by atoms with Crippen molar-refractivity contribution in [1.82, 2.24) is 9.97 Å². The topological polar surface area (TPSA) is 41.1 Å². The van der Waals surface area contributed by atoms with Gasteiger partial charge in [-0.05, 0) is 43.5 Å². The second-order valence-electron chi connectivity index (χ2n) is 6.49. The van der Waals surface area contributed by atoms with E-state index in [4.69, 9.17) is 16.6 Å². The number of nitrogens with one attached hydrogen (secondary N) is 1. The highest BCUT2D eigenvalue weighted by Gasteiger charge is 2.10. The van der Waals surface area contributed by atoms with Gasteiger partial charge in [0.05, 0.1) is 0 Å². The van der Waals surface area contributed by atoms with Crippen LogP contribution in [0.4, 0.5) is 11.8 Å². The van der Waals surface area contributed by atoms with Crippen molar-refractivity contribution in [3.63, 3.8) is 0 Å². The summed E-state index contributed by atoms with van der Waals surface area (Å²) in [5.41, 5.74) is 3.47. The van der Waals surface area contributed by atoms with Crippen LogP contribution in [-0.4, -0.2) is 23.1 Å². The molecule has 3 aromatic rings. The van der Waals surface area contributed by atoms with Gasteiger partial charge in [-0.1, -0.05) is 54.1 Å². The molecular formula is C22H25ClN4. The highest BCUT2D eigenvalue weighted by Crippen LogP contribution is 2.18. The smallest absolute Gasteiger partial charge is 0.224 e. The van der Waals surface area contributed by atoms with Crippen LogP contribution in [0.2, 0.25) is 5.02 Å². The van der Waals surface area contributed by atoms with Crippen LogP contribution in [0.5, 0.6) is 0 Å². The van der Waals surface area contributed by atoms with Crippen LogP contribution in [0.3, 0.4) is 0 Å². The van der Waals surface area contributed by atoms with Crippen molar-refractivity contribution in [3.05, 3.63) is 82.5 Å². The molecule has 0 unspecified atom stereocenters. The molecule has 0 saturated heterocycles. The second kappa shape index (κ2) is 9.38. The summed E-state index contributed by atoms with van der Waals surface area (Å²) in [6.45, 7) is 6.64. The molecule has 0 amide bonds. The first-order chi connectivity index (χ1) is 13.1. The van der Waals surface area contributed by atoms with Crippen molar-refractivity contribution in [1.29, 1.82) is 0 Å². The predicted molar refractivity (Wildman–Crippen MR) is 114 cm³/mol. The Balaban J connectivity index is 1.66. The summed E-state index contributed by atoms with van der Waals surface area (Å²) < 4.78 is 0. The average Bonchev–Trinajstić information content (AvgIpc) is 2.68. The lowest BCUT2D eigenvalue weighted by molar-refractivity contribution is 0.807. The standard InChI is InChI=1S/C22H25ClN4/c1-3-27(16-19-7-5-4-6-8-19)21-15-17(2)25-22(26-21)24-14-13-18-9-11-20(23)12-10-18/h4-12,15H,3,13-14,16H2,1-2H3,(H,24,25,26). The summed E-state index contributed by atoms with van der Waals surface area (Å²) in [6.07, 6.45) is 0.894. The minimum atomic E-state index is 0.672. The van der Waals surface area contributed by atoms with Crippen LogP contribution in [0.15, 0.2) is 60.7 Å². The Hall–Kier alpha value is -2.59. The number of rotatable bonds is 8. The number of nitrogens with zero attached hydrogens (tertiary/aromatic N) is 3. The zero-order valence-electron chi connectivity index (χ0n) is 15.8. The van der Waals surface area contributed by atoms with Crippen LogP contribution in [-0.2, 0) is 13.0 Å². The summed E-state index contributed by atoms with van der Waals surface area (Å²) in [5.74, 6) is 1.62. The quantitative estimate of drug-likeness (QED) is 0.588. The first-order valence-corrected chi connectivity index (χ1v) is 9.64. The molecule has 0 bridgehead atoms. The van der Waals surface area contributed by atoms with Gasteiger partial charge in [-0.2, -0.15) is 4.98 Å². The van der Waals surface area contributed by atoms with Crippen LogP contribution < -0.4 is 10.2 Å². The number of hydrogen-bond donors (Lipinski definition) is 1. The van der Waals surface area contributed by atoms with Crippen LogP contribution in [0.25, 0.3) is 0 Å². The number of halogens is 1. The van der Waals surface area contributed by atoms with E-state index in [9.17, 15) is 0 Å². The van der Waals surface area contributed by atoms with Crippen molar-refractivity contribution >= 4 is 23.4 Å². The van der Waals surface area contributed by atoms with E-state index in [1.807, 2.05) is 43.3 Å². The third kappa shape index (κ3) is 5.69. The van der Waals surface area contributed by atoms with Crippen LogP contribution in [0.1, 0.15) is 23.7 Å². The van der Waals surface area contributed by atoms with E-state index in [1.165, 1.54) is 11.1 Å². The Morgan fingerprint density at radius 3 is 2.41 bits per heavy atom. The first kappa shape index (κ1) is 19.2. The fraction of sp³-hybridized carbons (Fsp3) is 0.273. The molecular weight excluding hydrogens is 356 g/mol. The van der Waals surface area contributed by atoms with E-state index >= 15 is 0 Å². The Kier molecular flexibility index (Phi) is 6.66. The van der Waals surface area contributed by atoms with E-state index < -0.39 is 0 Å². The Labute approximate surface area is 166 Å². The summed E-state index contributed by atoms with van der Waals surface area (Å²) in [7, 11) is 0. The number of anilines is 2. The van der Waals surface area contributed by atoms with E-state index in [0.29, 0.717) is 5.95 Å². The van der Waals surface area contributed by atoms with Crippen LogP contribution in [0, 0.1) is 6.92 Å². The van der Waals surface area contributed by atoms with Crippen molar-refractivity contribution in [3.8, 4) is 0 Å². The van der Waals surface area contributed by atoms with E-state index in [-0.39, 0.29) is 0 Å². The summed E-state index contributed by atoms with van der Waals surface area (Å²) in [5, 5.41) is 4.11. The summed E-state index contributed by atoms with van der Waals surface area (Å²) in [6, 6.07) is 20.4. The van der Waals surface area contributed by atoms with Gasteiger partial charge in [0.15, 0.2) is 0 Å². The molecule has 0 saturated carbocycles. The largest absolute Gasteiger partial charge is 0.354 e. The minimum Gasteiger partial charge on any atom is -0.354 e. The lowest BCUT2D eigenvalue weighted by Crippen LogP contribution is -2.24. The Morgan fingerprint density at radius 1 is 0.963 bits per heavy atom. The van der Waals surface area contributed by atoms with Gasteiger partial charge in [-0.3, -0.25) is 0 Å². The summed E-state index contributed by atoms with van der Waals surface area (Å²) in [4.78, 5) is 11.5. The third-order valence-electron chi connectivity index (χ3n) is 4.37. The number of hydrogen-bond acceptors (Lipinski definition) is 4. The third-order valence-corrected chi connectivity index (χ3v) is 4.62. The molecule has 0 aliphatic heterocycles. The molecule has 0 radical (unpaired) electrons. The van der Waals surface area contributed by atoms with Gasteiger partial charge < -0.3 is 10.2 Å². The van der Waals surface area contributed by atoms with E-state index in [2.05, 4.69) is 46.4 Å². The van der Waals surface area contributed by atoms with E-state index in [0.717, 1.165) is 42.6 Å². The van der Waals surface area contributed by atoms with Crippen molar-refractivity contribution < 1.29 is 0 Å². The minimum absolute atomic E-state index is 0.672. The van der Waals surface area contributed by atoms with Gasteiger partial charge in [-0.15, -0.1) is 0 Å². The molecule has 4 nitrogen and oxygen atoms in total. The molecule has 0 spiro atoms. The predicted octanol–water partition coefficient (Wildman–Crippen LogP) is 5.12. The normalized spacial score (nSPS) is 10.6. The van der Waals surface area contributed by atoms with E-state index in [1.54, 1.807) is 0 Å². The molecule has 0 aliphatic carbocycles. The number of aromatic nitrogens is 2. The van der Waals surface area contributed by atoms with Gasteiger partial charge >= 0.3 is 0 Å². The van der Waals surface area contributed by atoms with Gasteiger partial charge in [0.1, 0.15) is 5.82 Å². The zero-order chi connectivity index (χ0) is 19.1. The maximum absolute atomic E-state index is 5.94. The molecule has 1 N–H and O–H groups in total. The molecule has 1 aromatic heterocycles. The van der Waals surface area contributed by atoms with Crippen molar-refractivity contribution in [2.75, 3.05) is 23.3 Å². The SMILES string of the molecule is CCN(Cc1ccccc1)c1cc(C)nc(NCCc2ccc(Cl)cc2)n1. The highest BCUT2D eigenvalue weighted by molar-refractivity contribution is 6.30. The Bertz CT molecular complexity index is 850.